The Labute approximate surface area is 122 Å². The second kappa shape index (κ2) is 6.56. The Bertz CT molecular complexity index is 662. The van der Waals surface area contributed by atoms with Gasteiger partial charge < -0.3 is 14.6 Å². The molecule has 2 aromatic rings. The molecule has 0 amide bonds. The van der Waals surface area contributed by atoms with Gasteiger partial charge in [-0.05, 0) is 36.4 Å². The Balaban J connectivity index is 2.20. The number of carbonyl (C=O) groups excluding carboxylic acids is 1. The summed E-state index contributed by atoms with van der Waals surface area (Å²) in [6.45, 7) is 0. The lowest BCUT2D eigenvalue weighted by atomic mass is 10.2. The number of hydrogen-bond donors (Lipinski definition) is 1. The first kappa shape index (κ1) is 14.6. The number of methoxy groups -OCH3 is 2. The lowest BCUT2D eigenvalue weighted by molar-refractivity contribution is 0.0601. The van der Waals surface area contributed by atoms with E-state index in [1.165, 1.54) is 20.4 Å². The van der Waals surface area contributed by atoms with E-state index in [1.807, 2.05) is 0 Å². The smallest absolute Gasteiger partial charge is 0.337 e. The third kappa shape index (κ3) is 3.39. The first-order valence-corrected chi connectivity index (χ1v) is 6.24. The van der Waals surface area contributed by atoms with Gasteiger partial charge in [0.15, 0.2) is 11.5 Å². The predicted octanol–water partition coefficient (Wildman–Crippen LogP) is 2.94. The van der Waals surface area contributed by atoms with Crippen molar-refractivity contribution in [2.24, 2.45) is 4.99 Å². The maximum Gasteiger partial charge on any atom is 0.337 e. The molecule has 0 aliphatic heterocycles. The summed E-state index contributed by atoms with van der Waals surface area (Å²) in [6, 6.07) is 11.8. The molecule has 21 heavy (non-hydrogen) atoms. The number of aliphatic imine (C=N–C) groups is 1. The van der Waals surface area contributed by atoms with Crippen LogP contribution in [0.25, 0.3) is 0 Å². The van der Waals surface area contributed by atoms with E-state index >= 15 is 0 Å². The van der Waals surface area contributed by atoms with Crippen LogP contribution in [-0.2, 0) is 4.74 Å². The van der Waals surface area contributed by atoms with Crippen molar-refractivity contribution < 1.29 is 19.4 Å². The Morgan fingerprint density at radius 2 is 1.86 bits per heavy atom. The molecule has 0 saturated carbocycles. The minimum atomic E-state index is -0.393. The van der Waals surface area contributed by atoms with E-state index in [9.17, 15) is 9.90 Å². The fraction of sp³-hybridized carbons (Fsp3) is 0.125. The van der Waals surface area contributed by atoms with Crippen molar-refractivity contribution in [1.29, 1.82) is 0 Å². The fourth-order valence-electron chi connectivity index (χ4n) is 1.75. The molecule has 0 unspecified atom stereocenters. The number of benzene rings is 2. The SMILES string of the molecule is COC(=O)c1ccc(N=Cc2cccc(OC)c2O)cc1. The summed E-state index contributed by atoms with van der Waals surface area (Å²) in [5.74, 6) is 0.0332. The van der Waals surface area contributed by atoms with Crippen molar-refractivity contribution in [2.45, 2.75) is 0 Å². The zero-order valence-electron chi connectivity index (χ0n) is 11.7. The molecule has 0 fully saturated rings. The molecule has 5 heteroatoms. The van der Waals surface area contributed by atoms with Gasteiger partial charge in [-0.2, -0.15) is 0 Å². The average molecular weight is 285 g/mol. The van der Waals surface area contributed by atoms with Crippen molar-refractivity contribution in [3.63, 3.8) is 0 Å². The Hall–Kier alpha value is -2.82. The Kier molecular flexibility index (Phi) is 4.56. The first-order valence-electron chi connectivity index (χ1n) is 6.24. The molecule has 0 radical (unpaired) electrons. The average Bonchev–Trinajstić information content (AvgIpc) is 2.53. The van der Waals surface area contributed by atoms with Crippen LogP contribution in [0, 0.1) is 0 Å². The first-order chi connectivity index (χ1) is 10.2. The van der Waals surface area contributed by atoms with Crippen molar-refractivity contribution in [3.05, 3.63) is 53.6 Å². The number of para-hydroxylation sites is 1. The number of ether oxygens (including phenoxy) is 2. The van der Waals surface area contributed by atoms with Crippen LogP contribution in [0.5, 0.6) is 11.5 Å². The van der Waals surface area contributed by atoms with Gasteiger partial charge in [0, 0.05) is 11.8 Å². The number of carbonyl (C=O) groups is 1. The zero-order chi connectivity index (χ0) is 15.2. The van der Waals surface area contributed by atoms with Crippen LogP contribution in [0.15, 0.2) is 47.5 Å². The quantitative estimate of drug-likeness (QED) is 0.692. The molecule has 0 saturated heterocycles. The molecule has 0 aliphatic rings. The third-order valence-electron chi connectivity index (χ3n) is 2.89. The van der Waals surface area contributed by atoms with Crippen molar-refractivity contribution in [3.8, 4) is 11.5 Å². The van der Waals surface area contributed by atoms with Gasteiger partial charge in [-0.25, -0.2) is 4.79 Å². The molecule has 2 rings (SSSR count). The van der Waals surface area contributed by atoms with Crippen LogP contribution in [0.2, 0.25) is 0 Å². The number of phenols is 1. The lowest BCUT2D eigenvalue weighted by Crippen LogP contribution is -1.99. The standard InChI is InChI=1S/C16H15NO4/c1-20-14-5-3-4-12(15(14)18)10-17-13-8-6-11(7-9-13)16(19)21-2/h3-10,18H,1-2H3. The largest absolute Gasteiger partial charge is 0.504 e. The summed E-state index contributed by atoms with van der Waals surface area (Å²) >= 11 is 0. The number of hydrogen-bond acceptors (Lipinski definition) is 5. The minimum absolute atomic E-state index is 0.0370. The topological polar surface area (TPSA) is 68.1 Å². The second-order valence-electron chi connectivity index (χ2n) is 4.19. The molecule has 0 spiro atoms. The number of esters is 1. The molecule has 0 aromatic heterocycles. The van der Waals surface area contributed by atoms with Crippen LogP contribution in [0.4, 0.5) is 5.69 Å². The Morgan fingerprint density at radius 1 is 1.14 bits per heavy atom. The molecular weight excluding hydrogens is 270 g/mol. The summed E-state index contributed by atoms with van der Waals surface area (Å²) in [6.07, 6.45) is 1.53. The van der Waals surface area contributed by atoms with E-state index in [-0.39, 0.29) is 5.75 Å². The van der Waals surface area contributed by atoms with Gasteiger partial charge in [-0.3, -0.25) is 4.99 Å². The summed E-state index contributed by atoms with van der Waals surface area (Å²) < 4.78 is 9.65. The van der Waals surface area contributed by atoms with Crippen molar-refractivity contribution in [1.82, 2.24) is 0 Å². The van der Waals surface area contributed by atoms with Gasteiger partial charge >= 0.3 is 5.97 Å². The molecule has 1 N–H and O–H groups in total. The van der Waals surface area contributed by atoms with Crippen molar-refractivity contribution in [2.75, 3.05) is 14.2 Å². The summed E-state index contributed by atoms with van der Waals surface area (Å²) in [7, 11) is 2.82. The van der Waals surface area contributed by atoms with Crippen LogP contribution < -0.4 is 4.74 Å². The van der Waals surface area contributed by atoms with Crippen LogP contribution in [0.1, 0.15) is 15.9 Å². The molecule has 5 nitrogen and oxygen atoms in total. The normalized spacial score (nSPS) is 10.6. The highest BCUT2D eigenvalue weighted by Crippen LogP contribution is 2.28. The van der Waals surface area contributed by atoms with E-state index in [1.54, 1.807) is 42.5 Å². The summed E-state index contributed by atoms with van der Waals surface area (Å²) in [5, 5.41) is 9.94. The molecule has 0 bridgehead atoms. The Morgan fingerprint density at radius 3 is 2.48 bits per heavy atom. The molecule has 2 aromatic carbocycles. The highest BCUT2D eigenvalue weighted by molar-refractivity contribution is 5.90. The maximum absolute atomic E-state index is 11.3. The summed E-state index contributed by atoms with van der Waals surface area (Å²) in [5.41, 5.74) is 1.66. The van der Waals surface area contributed by atoms with Crippen molar-refractivity contribution >= 4 is 17.9 Å². The van der Waals surface area contributed by atoms with E-state index in [2.05, 4.69) is 9.73 Å². The van der Waals surface area contributed by atoms with Gasteiger partial charge in [0.2, 0.25) is 0 Å². The maximum atomic E-state index is 11.3. The van der Waals surface area contributed by atoms with E-state index in [0.29, 0.717) is 22.6 Å². The predicted molar refractivity (Wildman–Crippen MR) is 79.7 cm³/mol. The van der Waals surface area contributed by atoms with Crippen LogP contribution in [-0.4, -0.2) is 31.5 Å². The monoisotopic (exact) mass is 285 g/mol. The molecular formula is C16H15NO4. The van der Waals surface area contributed by atoms with Gasteiger partial charge in [0.25, 0.3) is 0 Å². The van der Waals surface area contributed by atoms with Gasteiger partial charge in [-0.1, -0.05) is 6.07 Å². The van der Waals surface area contributed by atoms with E-state index in [0.717, 1.165) is 0 Å². The minimum Gasteiger partial charge on any atom is -0.504 e. The van der Waals surface area contributed by atoms with Gasteiger partial charge in [-0.15, -0.1) is 0 Å². The van der Waals surface area contributed by atoms with Gasteiger partial charge in [0.1, 0.15) is 0 Å². The number of aromatic hydroxyl groups is 1. The van der Waals surface area contributed by atoms with Crippen LogP contribution in [0.3, 0.4) is 0 Å². The molecule has 0 heterocycles. The summed E-state index contributed by atoms with van der Waals surface area (Å²) in [4.78, 5) is 15.6. The van der Waals surface area contributed by atoms with Gasteiger partial charge in [0.05, 0.1) is 25.5 Å². The molecule has 0 aliphatic carbocycles. The number of rotatable bonds is 4. The number of nitrogens with zero attached hydrogens (tertiary/aromatic N) is 1. The third-order valence-corrected chi connectivity index (χ3v) is 2.89. The van der Waals surface area contributed by atoms with E-state index < -0.39 is 5.97 Å². The second-order valence-corrected chi connectivity index (χ2v) is 4.19. The number of phenolic OH excluding ortho intramolecular Hbond substituents is 1. The highest BCUT2D eigenvalue weighted by Gasteiger charge is 2.05. The lowest BCUT2D eigenvalue weighted by Gasteiger charge is -2.04. The fourth-order valence-corrected chi connectivity index (χ4v) is 1.75. The zero-order valence-corrected chi connectivity index (χ0v) is 11.7. The van der Waals surface area contributed by atoms with E-state index in [4.69, 9.17) is 4.74 Å². The molecule has 108 valence electrons. The molecule has 0 atom stereocenters. The van der Waals surface area contributed by atoms with Crippen LogP contribution >= 0.6 is 0 Å². The highest BCUT2D eigenvalue weighted by atomic mass is 16.5.